The highest BCUT2D eigenvalue weighted by Crippen LogP contribution is 2.28. The van der Waals surface area contributed by atoms with E-state index in [1.165, 1.54) is 4.31 Å². The van der Waals surface area contributed by atoms with Crippen LogP contribution in [-0.2, 0) is 20.2 Å². The first-order chi connectivity index (χ1) is 10.2. The molecule has 124 valence electrons. The SMILES string of the molecule is CCCNS(=O)(=O)Nc1cc(N2CCCS2(=O)=O)ccc1C. The fourth-order valence-corrected chi connectivity index (χ4v) is 4.83. The van der Waals surface area contributed by atoms with Crippen molar-refractivity contribution >= 4 is 31.6 Å². The minimum atomic E-state index is -3.66. The fourth-order valence-electron chi connectivity index (χ4n) is 2.22. The summed E-state index contributed by atoms with van der Waals surface area (Å²) in [5.41, 5.74) is 1.58. The normalized spacial score (nSPS) is 17.6. The van der Waals surface area contributed by atoms with Crippen LogP contribution in [0.1, 0.15) is 25.3 Å². The van der Waals surface area contributed by atoms with E-state index in [4.69, 9.17) is 0 Å². The average molecular weight is 347 g/mol. The Hall–Kier alpha value is -1.32. The van der Waals surface area contributed by atoms with Gasteiger partial charge in [-0.15, -0.1) is 0 Å². The average Bonchev–Trinajstić information content (AvgIpc) is 2.78. The topological polar surface area (TPSA) is 95.6 Å². The van der Waals surface area contributed by atoms with Crippen molar-refractivity contribution in [2.75, 3.05) is 27.9 Å². The van der Waals surface area contributed by atoms with Crippen molar-refractivity contribution in [2.45, 2.75) is 26.7 Å². The van der Waals surface area contributed by atoms with E-state index in [9.17, 15) is 16.8 Å². The first-order valence-electron chi connectivity index (χ1n) is 7.13. The summed E-state index contributed by atoms with van der Waals surface area (Å²) < 4.78 is 53.9. The summed E-state index contributed by atoms with van der Waals surface area (Å²) in [5, 5.41) is 0. The van der Waals surface area contributed by atoms with Gasteiger partial charge in [-0.1, -0.05) is 13.0 Å². The number of nitrogens with one attached hydrogen (secondary N) is 2. The Morgan fingerprint density at radius 2 is 2.05 bits per heavy atom. The van der Waals surface area contributed by atoms with Crippen LogP contribution in [-0.4, -0.2) is 35.7 Å². The van der Waals surface area contributed by atoms with Gasteiger partial charge in [0, 0.05) is 13.1 Å². The molecule has 1 saturated heterocycles. The second-order valence-electron chi connectivity index (χ2n) is 5.24. The molecular weight excluding hydrogens is 326 g/mol. The molecule has 1 aromatic rings. The highest BCUT2D eigenvalue weighted by molar-refractivity contribution is 7.93. The molecule has 0 saturated carbocycles. The van der Waals surface area contributed by atoms with Gasteiger partial charge in [-0.2, -0.15) is 13.1 Å². The minimum Gasteiger partial charge on any atom is -0.271 e. The third-order valence-electron chi connectivity index (χ3n) is 3.39. The highest BCUT2D eigenvalue weighted by Gasteiger charge is 2.28. The van der Waals surface area contributed by atoms with E-state index >= 15 is 0 Å². The van der Waals surface area contributed by atoms with Crippen molar-refractivity contribution in [1.82, 2.24) is 4.72 Å². The molecule has 1 aliphatic rings. The summed E-state index contributed by atoms with van der Waals surface area (Å²) in [6.45, 7) is 4.40. The second kappa shape index (κ2) is 6.43. The van der Waals surface area contributed by atoms with Gasteiger partial charge in [-0.3, -0.25) is 9.03 Å². The van der Waals surface area contributed by atoms with Gasteiger partial charge in [0.15, 0.2) is 0 Å². The van der Waals surface area contributed by atoms with Gasteiger partial charge >= 0.3 is 0 Å². The Morgan fingerprint density at radius 3 is 2.64 bits per heavy atom. The molecule has 0 unspecified atom stereocenters. The molecule has 1 aliphatic heterocycles. The van der Waals surface area contributed by atoms with Crippen LogP contribution in [0.4, 0.5) is 11.4 Å². The van der Waals surface area contributed by atoms with Crippen molar-refractivity contribution in [3.8, 4) is 0 Å². The van der Waals surface area contributed by atoms with E-state index in [1.807, 2.05) is 6.92 Å². The maximum Gasteiger partial charge on any atom is 0.299 e. The number of hydrogen-bond donors (Lipinski definition) is 2. The lowest BCUT2D eigenvalue weighted by molar-refractivity contribution is 0.586. The molecular formula is C13H21N3O4S2. The van der Waals surface area contributed by atoms with Crippen molar-refractivity contribution in [3.05, 3.63) is 23.8 Å². The van der Waals surface area contributed by atoms with Crippen molar-refractivity contribution < 1.29 is 16.8 Å². The van der Waals surface area contributed by atoms with Crippen LogP contribution in [0, 0.1) is 6.92 Å². The molecule has 2 rings (SSSR count). The number of sulfonamides is 1. The second-order valence-corrected chi connectivity index (χ2v) is 8.75. The fraction of sp³-hybridized carbons (Fsp3) is 0.538. The Labute approximate surface area is 131 Å². The van der Waals surface area contributed by atoms with Gasteiger partial charge in [0.1, 0.15) is 0 Å². The molecule has 0 aliphatic carbocycles. The Morgan fingerprint density at radius 1 is 1.32 bits per heavy atom. The molecule has 0 bridgehead atoms. The van der Waals surface area contributed by atoms with E-state index in [0.29, 0.717) is 37.3 Å². The van der Waals surface area contributed by atoms with Crippen LogP contribution in [0.2, 0.25) is 0 Å². The zero-order chi connectivity index (χ0) is 16.4. The number of benzene rings is 1. The van der Waals surface area contributed by atoms with Crippen molar-refractivity contribution in [1.29, 1.82) is 0 Å². The maximum atomic E-state index is 12.0. The molecule has 1 fully saturated rings. The molecule has 9 heteroatoms. The number of anilines is 2. The summed E-state index contributed by atoms with van der Waals surface area (Å²) >= 11 is 0. The molecule has 2 N–H and O–H groups in total. The number of aryl methyl sites for hydroxylation is 1. The van der Waals surface area contributed by atoms with E-state index < -0.39 is 20.2 Å². The lowest BCUT2D eigenvalue weighted by Crippen LogP contribution is -2.31. The van der Waals surface area contributed by atoms with Gasteiger partial charge in [0.05, 0.1) is 17.1 Å². The zero-order valence-electron chi connectivity index (χ0n) is 12.7. The van der Waals surface area contributed by atoms with Gasteiger partial charge < -0.3 is 0 Å². The van der Waals surface area contributed by atoms with E-state index in [1.54, 1.807) is 25.1 Å². The number of rotatable bonds is 6. The third kappa shape index (κ3) is 3.90. The largest absolute Gasteiger partial charge is 0.299 e. The first kappa shape index (κ1) is 17.0. The van der Waals surface area contributed by atoms with Crippen molar-refractivity contribution in [3.63, 3.8) is 0 Å². The molecule has 0 amide bonds. The molecule has 1 aromatic carbocycles. The van der Waals surface area contributed by atoms with Crippen molar-refractivity contribution in [2.24, 2.45) is 0 Å². The molecule has 1 heterocycles. The Kier molecular flexibility index (Phi) is 4.98. The monoisotopic (exact) mass is 347 g/mol. The van der Waals surface area contributed by atoms with Crippen LogP contribution < -0.4 is 13.7 Å². The first-order valence-corrected chi connectivity index (χ1v) is 10.2. The quantitative estimate of drug-likeness (QED) is 0.808. The van der Waals surface area contributed by atoms with Gasteiger partial charge in [0.2, 0.25) is 10.0 Å². The summed E-state index contributed by atoms with van der Waals surface area (Å²) in [6.07, 6.45) is 1.27. The Bertz CT molecular complexity index is 745. The third-order valence-corrected chi connectivity index (χ3v) is 6.34. The summed E-state index contributed by atoms with van der Waals surface area (Å²) in [5.74, 6) is 0.125. The summed E-state index contributed by atoms with van der Waals surface area (Å²) in [4.78, 5) is 0. The molecule has 0 aromatic heterocycles. The zero-order valence-corrected chi connectivity index (χ0v) is 14.3. The smallest absolute Gasteiger partial charge is 0.271 e. The van der Waals surface area contributed by atoms with Gasteiger partial charge in [-0.25, -0.2) is 8.42 Å². The lowest BCUT2D eigenvalue weighted by atomic mass is 10.2. The minimum absolute atomic E-state index is 0.125. The standard InChI is InChI=1S/C13H21N3O4S2/c1-3-7-14-22(19,20)15-13-10-12(6-5-11(13)2)16-8-4-9-21(16,17)18/h5-6,10,14-15H,3-4,7-9H2,1-2H3. The van der Waals surface area contributed by atoms with Gasteiger partial charge in [0.25, 0.3) is 10.2 Å². The number of nitrogens with zero attached hydrogens (tertiary/aromatic N) is 1. The highest BCUT2D eigenvalue weighted by atomic mass is 32.2. The van der Waals surface area contributed by atoms with Gasteiger partial charge in [-0.05, 0) is 37.5 Å². The van der Waals surface area contributed by atoms with Crippen LogP contribution >= 0.6 is 0 Å². The van der Waals surface area contributed by atoms with E-state index in [-0.39, 0.29) is 5.75 Å². The maximum absolute atomic E-state index is 12.0. The van der Waals surface area contributed by atoms with Crippen LogP contribution in [0.25, 0.3) is 0 Å². The van der Waals surface area contributed by atoms with Crippen LogP contribution in [0.15, 0.2) is 18.2 Å². The molecule has 0 atom stereocenters. The Balaban J connectivity index is 2.28. The number of hydrogen-bond acceptors (Lipinski definition) is 4. The molecule has 0 spiro atoms. The van der Waals surface area contributed by atoms with E-state index in [0.717, 1.165) is 5.56 Å². The van der Waals surface area contributed by atoms with E-state index in [2.05, 4.69) is 9.44 Å². The van der Waals surface area contributed by atoms with Crippen LogP contribution in [0.3, 0.4) is 0 Å². The molecule has 22 heavy (non-hydrogen) atoms. The molecule has 7 nitrogen and oxygen atoms in total. The lowest BCUT2D eigenvalue weighted by Gasteiger charge is -2.19. The summed E-state index contributed by atoms with van der Waals surface area (Å²) in [6, 6.07) is 4.96. The molecule has 0 radical (unpaired) electrons. The summed E-state index contributed by atoms with van der Waals surface area (Å²) in [7, 11) is -6.94. The van der Waals surface area contributed by atoms with Crippen LogP contribution in [0.5, 0.6) is 0 Å². The predicted molar refractivity (Wildman–Crippen MR) is 87.8 cm³/mol. The predicted octanol–water partition coefficient (Wildman–Crippen LogP) is 1.19.